The molecule has 2 N–H and O–H groups in total. The first-order valence-corrected chi connectivity index (χ1v) is 9.13. The molecule has 0 saturated carbocycles. The van der Waals surface area contributed by atoms with E-state index in [0.29, 0.717) is 36.1 Å². The summed E-state index contributed by atoms with van der Waals surface area (Å²) in [4.78, 5) is 30.8. The number of methoxy groups -OCH3 is 1. The van der Waals surface area contributed by atoms with Gasteiger partial charge in [0.1, 0.15) is 29.3 Å². The van der Waals surface area contributed by atoms with Crippen molar-refractivity contribution in [2.24, 2.45) is 5.41 Å². The van der Waals surface area contributed by atoms with Crippen LogP contribution in [0.15, 0.2) is 18.2 Å². The Labute approximate surface area is 161 Å². The molecule has 2 aliphatic heterocycles. The Morgan fingerprint density at radius 3 is 2.96 bits per heavy atom. The van der Waals surface area contributed by atoms with Crippen LogP contribution >= 0.6 is 0 Å². The quantitative estimate of drug-likeness (QED) is 0.791. The van der Waals surface area contributed by atoms with E-state index in [4.69, 9.17) is 9.47 Å². The number of hydrogen-bond donors (Lipinski definition) is 2. The van der Waals surface area contributed by atoms with Crippen molar-refractivity contribution in [3.8, 4) is 11.5 Å². The molecule has 9 nitrogen and oxygen atoms in total. The first-order valence-electron chi connectivity index (χ1n) is 9.13. The maximum Gasteiger partial charge on any atom is 0.315 e. The van der Waals surface area contributed by atoms with Crippen LogP contribution in [0.5, 0.6) is 11.5 Å². The lowest BCUT2D eigenvalue weighted by Gasteiger charge is -2.35. The van der Waals surface area contributed by atoms with Gasteiger partial charge in [-0.2, -0.15) is 5.10 Å². The molecule has 148 valence electrons. The van der Waals surface area contributed by atoms with Crippen molar-refractivity contribution in [2.75, 3.05) is 26.8 Å². The molecule has 1 fully saturated rings. The van der Waals surface area contributed by atoms with Crippen LogP contribution in [0.1, 0.15) is 29.6 Å². The van der Waals surface area contributed by atoms with Gasteiger partial charge in [0.2, 0.25) is 5.91 Å². The minimum absolute atomic E-state index is 0.0249. The van der Waals surface area contributed by atoms with Crippen molar-refractivity contribution < 1.29 is 24.2 Å². The molecule has 9 heteroatoms. The van der Waals surface area contributed by atoms with Gasteiger partial charge in [0.15, 0.2) is 5.82 Å². The van der Waals surface area contributed by atoms with Crippen molar-refractivity contribution in [2.45, 2.75) is 25.7 Å². The van der Waals surface area contributed by atoms with Crippen LogP contribution in [0, 0.1) is 12.3 Å². The summed E-state index contributed by atoms with van der Waals surface area (Å²) in [5.41, 5.74) is -0.340. The number of H-pyrrole nitrogens is 1. The number of aliphatic carboxylic acids is 1. The number of amides is 1. The van der Waals surface area contributed by atoms with Gasteiger partial charge in [-0.1, -0.05) is 6.07 Å². The highest BCUT2D eigenvalue weighted by molar-refractivity contribution is 5.83. The van der Waals surface area contributed by atoms with Crippen LogP contribution in [-0.4, -0.2) is 63.9 Å². The Morgan fingerprint density at radius 2 is 2.29 bits per heavy atom. The number of ether oxygens (including phenoxy) is 2. The smallest absolute Gasteiger partial charge is 0.315 e. The van der Waals surface area contributed by atoms with E-state index in [9.17, 15) is 14.7 Å². The van der Waals surface area contributed by atoms with Gasteiger partial charge >= 0.3 is 5.97 Å². The molecule has 4 rings (SSSR count). The average Bonchev–Trinajstić information content (AvgIpc) is 3.30. The zero-order chi connectivity index (χ0) is 19.9. The number of carboxylic acids is 1. The summed E-state index contributed by atoms with van der Waals surface area (Å²) in [6.07, 6.45) is 0.644. The zero-order valence-corrected chi connectivity index (χ0v) is 15.8. The van der Waals surface area contributed by atoms with E-state index in [1.54, 1.807) is 31.1 Å². The number of rotatable bonds is 5. The molecule has 0 aliphatic carbocycles. The van der Waals surface area contributed by atoms with Crippen molar-refractivity contribution in [3.63, 3.8) is 0 Å². The van der Waals surface area contributed by atoms with E-state index < -0.39 is 11.4 Å². The molecule has 2 aromatic rings. The maximum absolute atomic E-state index is 12.8. The van der Waals surface area contributed by atoms with E-state index in [2.05, 4.69) is 15.2 Å². The van der Waals surface area contributed by atoms with Crippen LogP contribution in [0.4, 0.5) is 0 Å². The summed E-state index contributed by atoms with van der Waals surface area (Å²) < 4.78 is 11.0. The number of aromatic amines is 1. The van der Waals surface area contributed by atoms with Gasteiger partial charge in [0.25, 0.3) is 0 Å². The molecular formula is C19H22N4O5. The van der Waals surface area contributed by atoms with Crippen molar-refractivity contribution >= 4 is 11.9 Å². The molecule has 2 aliphatic rings. The first-order chi connectivity index (χ1) is 13.4. The summed E-state index contributed by atoms with van der Waals surface area (Å²) in [5.74, 6) is 1.17. The molecule has 1 saturated heterocycles. The number of carbonyl (C=O) groups excluding carboxylic acids is 1. The number of likely N-dealkylation sites (tertiary alicyclic amines) is 1. The fraction of sp³-hybridized carbons (Fsp3) is 0.474. The molecule has 0 radical (unpaired) electrons. The summed E-state index contributed by atoms with van der Waals surface area (Å²) in [5, 5.41) is 16.8. The standard InChI is InChI=1S/C19H22N4O5/c1-11-20-16(22-21-11)5-6-17(24)23-8-14-13-4-3-12(27-2)7-15(13)28-10-19(14,9-23)18(25)26/h3-4,7,14H,5-6,8-10H2,1-2H3,(H,25,26)(H,20,21,22)/t14-,19-/m1/s1. The molecule has 1 aromatic heterocycles. The predicted molar refractivity (Wildman–Crippen MR) is 97.3 cm³/mol. The van der Waals surface area contributed by atoms with Gasteiger partial charge in [-0.15, -0.1) is 0 Å². The van der Waals surface area contributed by atoms with Crippen LogP contribution < -0.4 is 9.47 Å². The average molecular weight is 386 g/mol. The second kappa shape index (κ2) is 6.81. The number of nitrogens with one attached hydrogen (secondary N) is 1. The molecule has 0 spiro atoms. The monoisotopic (exact) mass is 386 g/mol. The number of hydrogen-bond acceptors (Lipinski definition) is 6. The molecule has 1 aromatic carbocycles. The number of carbonyl (C=O) groups is 2. The zero-order valence-electron chi connectivity index (χ0n) is 15.8. The normalized spacial score (nSPS) is 22.9. The lowest BCUT2D eigenvalue weighted by molar-refractivity contribution is -0.152. The SMILES string of the molecule is COc1ccc2c(c1)OC[C@]1(C(=O)O)CN(C(=O)CCc3n[nH]c(C)n3)C[C@H]21. The summed E-state index contributed by atoms with van der Waals surface area (Å²) in [7, 11) is 1.57. The minimum Gasteiger partial charge on any atom is -0.497 e. The minimum atomic E-state index is -1.14. The van der Waals surface area contributed by atoms with Crippen LogP contribution in [0.3, 0.4) is 0 Å². The highest BCUT2D eigenvalue weighted by Crippen LogP contribution is 2.50. The molecule has 0 bridgehead atoms. The van der Waals surface area contributed by atoms with E-state index in [0.717, 1.165) is 5.56 Å². The fourth-order valence-electron chi connectivity index (χ4n) is 4.06. The molecular weight excluding hydrogens is 364 g/mol. The second-order valence-electron chi connectivity index (χ2n) is 7.32. The van der Waals surface area contributed by atoms with Crippen molar-refractivity contribution in [1.29, 1.82) is 0 Å². The Hall–Kier alpha value is -3.10. The highest BCUT2D eigenvalue weighted by Gasteiger charge is 2.57. The Bertz CT molecular complexity index is 927. The molecule has 3 heterocycles. The third kappa shape index (κ3) is 2.96. The largest absolute Gasteiger partial charge is 0.497 e. The Kier molecular flexibility index (Phi) is 4.44. The van der Waals surface area contributed by atoms with Crippen molar-refractivity contribution in [1.82, 2.24) is 20.1 Å². The van der Waals surface area contributed by atoms with Crippen LogP contribution in [-0.2, 0) is 16.0 Å². The fourth-order valence-corrected chi connectivity index (χ4v) is 4.06. The third-order valence-electron chi connectivity index (χ3n) is 5.61. The van der Waals surface area contributed by atoms with Gasteiger partial charge in [-0.05, 0) is 13.0 Å². The van der Waals surface area contributed by atoms with Gasteiger partial charge in [-0.3, -0.25) is 14.7 Å². The van der Waals surface area contributed by atoms with Crippen LogP contribution in [0.25, 0.3) is 0 Å². The lowest BCUT2D eigenvalue weighted by Crippen LogP contribution is -2.46. The molecule has 0 unspecified atom stereocenters. The molecule has 2 atom stereocenters. The number of aryl methyl sites for hydroxylation is 2. The summed E-state index contributed by atoms with van der Waals surface area (Å²) >= 11 is 0. The summed E-state index contributed by atoms with van der Waals surface area (Å²) in [6.45, 7) is 2.30. The topological polar surface area (TPSA) is 118 Å². The highest BCUT2D eigenvalue weighted by atomic mass is 16.5. The maximum atomic E-state index is 12.8. The van der Waals surface area contributed by atoms with Gasteiger partial charge in [0.05, 0.1) is 7.11 Å². The molecule has 28 heavy (non-hydrogen) atoms. The number of fused-ring (bicyclic) bond motifs is 3. The Morgan fingerprint density at radius 1 is 1.46 bits per heavy atom. The van der Waals surface area contributed by atoms with E-state index in [1.807, 2.05) is 6.07 Å². The third-order valence-corrected chi connectivity index (χ3v) is 5.61. The van der Waals surface area contributed by atoms with Crippen molar-refractivity contribution in [3.05, 3.63) is 35.4 Å². The molecule has 1 amide bonds. The van der Waals surface area contributed by atoms with E-state index in [1.165, 1.54) is 0 Å². The number of aromatic nitrogens is 3. The van der Waals surface area contributed by atoms with Gasteiger partial charge in [0, 0.05) is 43.5 Å². The van der Waals surface area contributed by atoms with Gasteiger partial charge in [-0.25, -0.2) is 4.98 Å². The Balaban J connectivity index is 1.55. The number of nitrogens with zero attached hydrogens (tertiary/aromatic N) is 3. The lowest BCUT2D eigenvalue weighted by atomic mass is 9.73. The first kappa shape index (κ1) is 18.3. The predicted octanol–water partition coefficient (Wildman–Crippen LogP) is 1.14. The number of benzene rings is 1. The van der Waals surface area contributed by atoms with Gasteiger partial charge < -0.3 is 19.5 Å². The van der Waals surface area contributed by atoms with E-state index >= 15 is 0 Å². The second-order valence-corrected chi connectivity index (χ2v) is 7.32. The van der Waals surface area contributed by atoms with E-state index in [-0.39, 0.29) is 31.4 Å². The van der Waals surface area contributed by atoms with Crippen LogP contribution in [0.2, 0.25) is 0 Å². The number of carboxylic acid groups (broad SMARTS) is 1. The summed E-state index contributed by atoms with van der Waals surface area (Å²) in [6, 6.07) is 5.38.